The van der Waals surface area contributed by atoms with Crippen molar-refractivity contribution in [1.29, 1.82) is 0 Å². The van der Waals surface area contributed by atoms with Gasteiger partial charge in [-0.2, -0.15) is 0 Å². The monoisotopic (exact) mass is 350 g/mol. The Kier molecular flexibility index (Phi) is 4.52. The Morgan fingerprint density at radius 1 is 1.12 bits per heavy atom. The van der Waals surface area contributed by atoms with Gasteiger partial charge < -0.3 is 9.30 Å². The smallest absolute Gasteiger partial charge is 0.293 e. The number of hydrogen-bond acceptors (Lipinski definition) is 3. The van der Waals surface area contributed by atoms with Crippen molar-refractivity contribution in [3.63, 3.8) is 0 Å². The average molecular weight is 350 g/mol. The van der Waals surface area contributed by atoms with Gasteiger partial charge in [0, 0.05) is 36.6 Å². The minimum atomic E-state index is -0.244. The topological polar surface area (TPSA) is 44.1 Å². The standard InChI is InChI=1S/C21H19FN2O2/c22-17-5-3-16(4-6-17)21-20(15-7-10-23-11-8-15)18(9-13-26-14-25)19-2-1-12-24(19)21/h3-8,10-11,14H,1-2,9,12-13H2. The molecule has 26 heavy (non-hydrogen) atoms. The summed E-state index contributed by atoms with van der Waals surface area (Å²) in [7, 11) is 0. The van der Waals surface area contributed by atoms with Crippen LogP contribution < -0.4 is 0 Å². The molecule has 0 amide bonds. The van der Waals surface area contributed by atoms with Crippen LogP contribution in [0, 0.1) is 5.82 Å². The van der Waals surface area contributed by atoms with Gasteiger partial charge in [-0.15, -0.1) is 0 Å². The average Bonchev–Trinajstić information content (AvgIpc) is 3.25. The molecular weight excluding hydrogens is 331 g/mol. The van der Waals surface area contributed by atoms with E-state index in [1.165, 1.54) is 23.4 Å². The highest BCUT2D eigenvalue weighted by Crippen LogP contribution is 2.42. The first kappa shape index (κ1) is 16.5. The molecule has 4 rings (SSSR count). The molecule has 0 spiro atoms. The minimum absolute atomic E-state index is 0.244. The lowest BCUT2D eigenvalue weighted by Gasteiger charge is -2.11. The van der Waals surface area contributed by atoms with E-state index in [1.54, 1.807) is 12.4 Å². The van der Waals surface area contributed by atoms with Crippen LogP contribution >= 0.6 is 0 Å². The number of benzene rings is 1. The first-order valence-electron chi connectivity index (χ1n) is 8.75. The molecule has 0 radical (unpaired) electrons. The van der Waals surface area contributed by atoms with Crippen molar-refractivity contribution in [2.24, 2.45) is 0 Å². The molecule has 132 valence electrons. The third-order valence-corrected chi connectivity index (χ3v) is 4.90. The molecule has 0 N–H and O–H groups in total. The fraction of sp³-hybridized carbons (Fsp3) is 0.238. The Balaban J connectivity index is 1.93. The highest BCUT2D eigenvalue weighted by atomic mass is 19.1. The maximum atomic E-state index is 13.4. The van der Waals surface area contributed by atoms with Crippen molar-refractivity contribution in [3.05, 3.63) is 65.9 Å². The van der Waals surface area contributed by atoms with Crippen LogP contribution in [0.2, 0.25) is 0 Å². The largest absolute Gasteiger partial charge is 0.468 e. The molecule has 4 nitrogen and oxygen atoms in total. The van der Waals surface area contributed by atoms with Crippen LogP contribution in [0.5, 0.6) is 0 Å². The van der Waals surface area contributed by atoms with Crippen molar-refractivity contribution in [1.82, 2.24) is 9.55 Å². The first-order valence-corrected chi connectivity index (χ1v) is 8.75. The summed E-state index contributed by atoms with van der Waals surface area (Å²) in [5.41, 5.74) is 6.78. The second kappa shape index (κ2) is 7.12. The summed E-state index contributed by atoms with van der Waals surface area (Å²) in [4.78, 5) is 14.7. The summed E-state index contributed by atoms with van der Waals surface area (Å²) in [5.74, 6) is -0.244. The van der Waals surface area contributed by atoms with Gasteiger partial charge >= 0.3 is 0 Å². The molecule has 0 saturated heterocycles. The number of ether oxygens (including phenoxy) is 1. The lowest BCUT2D eigenvalue weighted by Crippen LogP contribution is -2.00. The second-order valence-corrected chi connectivity index (χ2v) is 6.36. The van der Waals surface area contributed by atoms with Crippen molar-refractivity contribution in [2.45, 2.75) is 25.8 Å². The Bertz CT molecular complexity index is 917. The molecule has 0 atom stereocenters. The third kappa shape index (κ3) is 2.90. The summed E-state index contributed by atoms with van der Waals surface area (Å²) < 4.78 is 20.7. The number of rotatable bonds is 6. The molecule has 3 aromatic rings. The maximum Gasteiger partial charge on any atom is 0.293 e. The second-order valence-electron chi connectivity index (χ2n) is 6.36. The fourth-order valence-corrected chi connectivity index (χ4v) is 3.87. The van der Waals surface area contributed by atoms with Crippen molar-refractivity contribution in [3.8, 4) is 22.4 Å². The first-order chi connectivity index (χ1) is 12.8. The molecule has 0 fully saturated rings. The van der Waals surface area contributed by atoms with Crippen LogP contribution in [0.15, 0.2) is 48.8 Å². The van der Waals surface area contributed by atoms with Crippen LogP contribution in [-0.4, -0.2) is 22.6 Å². The lowest BCUT2D eigenvalue weighted by atomic mass is 9.95. The Labute approximate surface area is 151 Å². The Morgan fingerprint density at radius 2 is 1.88 bits per heavy atom. The number of carbonyl (C=O) groups is 1. The highest BCUT2D eigenvalue weighted by molar-refractivity contribution is 5.86. The number of nitrogens with zero attached hydrogens (tertiary/aromatic N) is 2. The molecule has 1 aliphatic heterocycles. The fourth-order valence-electron chi connectivity index (χ4n) is 3.87. The zero-order valence-electron chi connectivity index (χ0n) is 14.3. The molecule has 0 aliphatic carbocycles. The van der Waals surface area contributed by atoms with Gasteiger partial charge in [0.15, 0.2) is 0 Å². The maximum absolute atomic E-state index is 13.4. The molecule has 1 aliphatic rings. The van der Waals surface area contributed by atoms with E-state index >= 15 is 0 Å². The van der Waals surface area contributed by atoms with E-state index < -0.39 is 0 Å². The summed E-state index contributed by atoms with van der Waals surface area (Å²) >= 11 is 0. The molecule has 1 aromatic carbocycles. The van der Waals surface area contributed by atoms with Gasteiger partial charge in [-0.25, -0.2) is 4.39 Å². The van der Waals surface area contributed by atoms with Crippen LogP contribution in [0.1, 0.15) is 17.7 Å². The Morgan fingerprint density at radius 3 is 2.62 bits per heavy atom. The normalized spacial score (nSPS) is 12.8. The van der Waals surface area contributed by atoms with Crippen molar-refractivity contribution in [2.75, 3.05) is 6.61 Å². The minimum Gasteiger partial charge on any atom is -0.468 e. The number of fused-ring (bicyclic) bond motifs is 1. The van der Waals surface area contributed by atoms with E-state index in [4.69, 9.17) is 4.74 Å². The quantitative estimate of drug-likeness (QED) is 0.498. The zero-order chi connectivity index (χ0) is 17.9. The molecule has 2 aromatic heterocycles. The van der Waals surface area contributed by atoms with E-state index in [0.29, 0.717) is 19.5 Å². The number of aromatic nitrogens is 2. The number of halogens is 1. The summed E-state index contributed by atoms with van der Waals surface area (Å²) in [6.45, 7) is 1.78. The van der Waals surface area contributed by atoms with Gasteiger partial charge in [0.25, 0.3) is 6.47 Å². The zero-order valence-corrected chi connectivity index (χ0v) is 14.3. The van der Waals surface area contributed by atoms with Crippen LogP contribution in [0.25, 0.3) is 22.4 Å². The predicted molar refractivity (Wildman–Crippen MR) is 97.1 cm³/mol. The van der Waals surface area contributed by atoms with Gasteiger partial charge in [0.1, 0.15) is 5.82 Å². The Hall–Kier alpha value is -2.95. The predicted octanol–water partition coefficient (Wildman–Crippen LogP) is 4.02. The summed E-state index contributed by atoms with van der Waals surface area (Å²) in [5, 5.41) is 0. The van der Waals surface area contributed by atoms with Gasteiger partial charge in [-0.05, 0) is 65.9 Å². The number of carbonyl (C=O) groups excluding carboxylic acids is 1. The van der Waals surface area contributed by atoms with E-state index in [1.807, 2.05) is 24.3 Å². The third-order valence-electron chi connectivity index (χ3n) is 4.90. The van der Waals surface area contributed by atoms with Crippen LogP contribution in [-0.2, 0) is 28.9 Å². The number of pyridine rings is 1. The van der Waals surface area contributed by atoms with Crippen molar-refractivity contribution >= 4 is 6.47 Å². The summed E-state index contributed by atoms with van der Waals surface area (Å²) in [6, 6.07) is 10.6. The molecule has 5 heteroatoms. The molecule has 0 saturated carbocycles. The molecule has 3 heterocycles. The lowest BCUT2D eigenvalue weighted by molar-refractivity contribution is -0.128. The van der Waals surface area contributed by atoms with E-state index in [2.05, 4.69) is 9.55 Å². The van der Waals surface area contributed by atoms with Gasteiger partial charge in [0.2, 0.25) is 0 Å². The summed E-state index contributed by atoms with van der Waals surface area (Å²) in [6.07, 6.45) is 6.29. The van der Waals surface area contributed by atoms with Crippen LogP contribution in [0.4, 0.5) is 4.39 Å². The molecular formula is C21H19FN2O2. The number of hydrogen-bond donors (Lipinski definition) is 0. The van der Waals surface area contributed by atoms with Gasteiger partial charge in [0.05, 0.1) is 12.3 Å². The van der Waals surface area contributed by atoms with Gasteiger partial charge in [-0.3, -0.25) is 9.78 Å². The van der Waals surface area contributed by atoms with Crippen molar-refractivity contribution < 1.29 is 13.9 Å². The SMILES string of the molecule is O=COCCc1c(-c2ccncc2)c(-c2ccc(F)cc2)n2c1CCC2. The van der Waals surface area contributed by atoms with Gasteiger partial charge in [-0.1, -0.05) is 0 Å². The molecule has 0 bridgehead atoms. The molecule has 0 unspecified atom stereocenters. The highest BCUT2D eigenvalue weighted by Gasteiger charge is 2.27. The van der Waals surface area contributed by atoms with E-state index in [-0.39, 0.29) is 5.82 Å². The van der Waals surface area contributed by atoms with Crippen LogP contribution in [0.3, 0.4) is 0 Å². The van der Waals surface area contributed by atoms with E-state index in [9.17, 15) is 9.18 Å². The van der Waals surface area contributed by atoms with E-state index in [0.717, 1.165) is 41.8 Å².